The smallest absolute Gasteiger partial charge is 0.456 e. The van der Waals surface area contributed by atoms with Crippen LogP contribution in [-0.4, -0.2) is 23.7 Å². The van der Waals surface area contributed by atoms with E-state index in [2.05, 4.69) is 4.74 Å². The summed E-state index contributed by atoms with van der Waals surface area (Å²) in [6.07, 6.45) is -3.96. The molecule has 0 aromatic heterocycles. The number of alkyl halides is 3. The van der Waals surface area contributed by atoms with E-state index < -0.39 is 17.9 Å². The van der Waals surface area contributed by atoms with E-state index in [1.54, 1.807) is 32.9 Å². The molecule has 0 radical (unpaired) electrons. The second kappa shape index (κ2) is 9.32. The Labute approximate surface area is 174 Å². The fraction of sp³-hybridized carbons (Fsp3) is 0.391. The molecule has 0 saturated carbocycles. The molecule has 0 N–H and O–H groups in total. The highest BCUT2D eigenvalue weighted by molar-refractivity contribution is 5.96. The van der Waals surface area contributed by atoms with Crippen molar-refractivity contribution < 1.29 is 32.2 Å². The van der Waals surface area contributed by atoms with Crippen molar-refractivity contribution in [1.29, 1.82) is 0 Å². The van der Waals surface area contributed by atoms with Crippen LogP contribution in [0.4, 0.5) is 13.2 Å². The number of hydrogen-bond donors (Lipinski definition) is 0. The molecule has 0 aliphatic carbocycles. The molecule has 2 rings (SSSR count). The average Bonchev–Trinajstić information content (AvgIpc) is 2.64. The van der Waals surface area contributed by atoms with Crippen LogP contribution in [0.5, 0.6) is 5.75 Å². The summed E-state index contributed by atoms with van der Waals surface area (Å²) in [6, 6.07) is 11.9. The summed E-state index contributed by atoms with van der Waals surface area (Å²) in [5, 5.41) is 0. The van der Waals surface area contributed by atoms with Crippen LogP contribution in [0.1, 0.15) is 72.7 Å². The quantitative estimate of drug-likeness (QED) is 0.388. The predicted octanol–water partition coefficient (Wildman–Crippen LogP) is 6.31. The van der Waals surface area contributed by atoms with Gasteiger partial charge in [0.25, 0.3) is 0 Å². The van der Waals surface area contributed by atoms with Crippen LogP contribution in [0.15, 0.2) is 48.5 Å². The van der Waals surface area contributed by atoms with Crippen molar-refractivity contribution in [2.45, 2.75) is 58.4 Å². The van der Waals surface area contributed by atoms with Crippen LogP contribution in [0.2, 0.25) is 0 Å². The van der Waals surface area contributed by atoms with E-state index in [0.29, 0.717) is 17.5 Å². The molecule has 30 heavy (non-hydrogen) atoms. The monoisotopic (exact) mass is 422 g/mol. The zero-order valence-electron chi connectivity index (χ0n) is 17.4. The van der Waals surface area contributed by atoms with Gasteiger partial charge in [0.15, 0.2) is 5.78 Å². The summed E-state index contributed by atoms with van der Waals surface area (Å²) in [5.74, 6) is -0.854. The topological polar surface area (TPSA) is 52.6 Å². The van der Waals surface area contributed by atoms with Crippen LogP contribution in [0, 0.1) is 0 Å². The predicted molar refractivity (Wildman–Crippen MR) is 107 cm³/mol. The number of benzene rings is 2. The molecule has 4 nitrogen and oxygen atoms in total. The molecule has 1 unspecified atom stereocenters. The van der Waals surface area contributed by atoms with E-state index in [9.17, 15) is 22.8 Å². The first-order valence-electron chi connectivity index (χ1n) is 9.56. The summed E-state index contributed by atoms with van der Waals surface area (Å²) >= 11 is 0. The first-order chi connectivity index (χ1) is 13.8. The molecule has 7 heteroatoms. The number of Topliss-reactive ketones (excluding diaryl/α,β-unsaturated/α-hetero) is 1. The Morgan fingerprint density at radius 1 is 0.900 bits per heavy atom. The lowest BCUT2D eigenvalue weighted by molar-refractivity contribution is -0.274. The van der Waals surface area contributed by atoms with Crippen molar-refractivity contribution in [2.24, 2.45) is 0 Å². The van der Waals surface area contributed by atoms with Crippen molar-refractivity contribution in [2.75, 3.05) is 0 Å². The van der Waals surface area contributed by atoms with Crippen LogP contribution < -0.4 is 4.74 Å². The molecule has 0 saturated heterocycles. The van der Waals surface area contributed by atoms with Gasteiger partial charge >= 0.3 is 12.3 Å². The number of carbonyl (C=O) groups excluding carboxylic acids is 2. The van der Waals surface area contributed by atoms with E-state index in [-0.39, 0.29) is 23.9 Å². The number of esters is 1. The molecule has 0 aliphatic rings. The number of ketones is 1. The van der Waals surface area contributed by atoms with Crippen LogP contribution in [0.3, 0.4) is 0 Å². The third-order valence-electron chi connectivity index (χ3n) is 4.33. The minimum Gasteiger partial charge on any atom is -0.456 e. The molecule has 0 spiro atoms. The van der Waals surface area contributed by atoms with E-state index in [1.807, 2.05) is 19.1 Å². The fourth-order valence-electron chi connectivity index (χ4n) is 2.79. The number of halogens is 3. The molecule has 162 valence electrons. The van der Waals surface area contributed by atoms with Gasteiger partial charge in [0, 0.05) is 12.0 Å². The summed E-state index contributed by atoms with van der Waals surface area (Å²) in [7, 11) is 0. The Morgan fingerprint density at radius 3 is 1.93 bits per heavy atom. The fourth-order valence-corrected chi connectivity index (χ4v) is 2.79. The van der Waals surface area contributed by atoms with Crippen LogP contribution in [-0.2, 0) is 4.74 Å². The van der Waals surface area contributed by atoms with Crippen LogP contribution >= 0.6 is 0 Å². The molecular weight excluding hydrogens is 397 g/mol. The Balaban J connectivity index is 1.91. The van der Waals surface area contributed by atoms with Gasteiger partial charge in [-0.05, 0) is 75.1 Å². The first kappa shape index (κ1) is 23.4. The lowest BCUT2D eigenvalue weighted by atomic mass is 9.93. The van der Waals surface area contributed by atoms with Gasteiger partial charge in [0.1, 0.15) is 11.4 Å². The zero-order chi connectivity index (χ0) is 22.5. The highest BCUT2D eigenvalue weighted by Gasteiger charge is 2.31. The number of carbonyl (C=O) groups is 2. The summed E-state index contributed by atoms with van der Waals surface area (Å²) in [4.78, 5) is 24.4. The average molecular weight is 422 g/mol. The Bertz CT molecular complexity index is 863. The number of rotatable bonds is 7. The van der Waals surface area contributed by atoms with Gasteiger partial charge in [-0.3, -0.25) is 4.79 Å². The van der Waals surface area contributed by atoms with Crippen LogP contribution in [0.25, 0.3) is 0 Å². The highest BCUT2D eigenvalue weighted by Crippen LogP contribution is 2.25. The maximum atomic E-state index is 12.3. The van der Waals surface area contributed by atoms with E-state index in [4.69, 9.17) is 4.74 Å². The summed E-state index contributed by atoms with van der Waals surface area (Å²) in [6.45, 7) is 7.37. The minimum absolute atomic E-state index is 0.0643. The molecule has 2 aromatic rings. The van der Waals surface area contributed by atoms with E-state index in [0.717, 1.165) is 17.7 Å². The zero-order valence-corrected chi connectivity index (χ0v) is 17.4. The second-order valence-electron chi connectivity index (χ2n) is 8.06. The second-order valence-corrected chi connectivity index (χ2v) is 8.06. The van der Waals surface area contributed by atoms with Gasteiger partial charge in [0.2, 0.25) is 0 Å². The molecule has 0 fully saturated rings. The third-order valence-corrected chi connectivity index (χ3v) is 4.33. The normalized spacial score (nSPS) is 12.9. The first-order valence-corrected chi connectivity index (χ1v) is 9.56. The standard InChI is InChI=1S/C23H25F3O4/c1-15(16-6-8-18(9-7-16)21(28)30-22(2,3)4)5-14-20(27)17-10-12-19(13-11-17)29-23(24,25)26/h6-13,15H,5,14H2,1-4H3. The lowest BCUT2D eigenvalue weighted by Gasteiger charge is -2.19. The minimum atomic E-state index is -4.76. The van der Waals surface area contributed by atoms with Gasteiger partial charge in [0.05, 0.1) is 5.56 Å². The summed E-state index contributed by atoms with van der Waals surface area (Å²) in [5.41, 5.74) is 1.19. The highest BCUT2D eigenvalue weighted by atomic mass is 19.4. The van der Waals surface area contributed by atoms with Crippen molar-refractivity contribution in [3.8, 4) is 5.75 Å². The van der Waals surface area contributed by atoms with E-state index in [1.165, 1.54) is 12.1 Å². The van der Waals surface area contributed by atoms with Crippen molar-refractivity contribution >= 4 is 11.8 Å². The molecule has 0 bridgehead atoms. The maximum absolute atomic E-state index is 12.3. The van der Waals surface area contributed by atoms with E-state index >= 15 is 0 Å². The summed E-state index contributed by atoms with van der Waals surface area (Å²) < 4.78 is 45.7. The van der Waals surface area contributed by atoms with Crippen molar-refractivity contribution in [3.05, 3.63) is 65.2 Å². The largest absolute Gasteiger partial charge is 0.573 e. The van der Waals surface area contributed by atoms with Crippen molar-refractivity contribution in [3.63, 3.8) is 0 Å². The number of hydrogen-bond acceptors (Lipinski definition) is 4. The van der Waals surface area contributed by atoms with Gasteiger partial charge in [-0.1, -0.05) is 19.1 Å². The molecule has 0 aliphatic heterocycles. The van der Waals surface area contributed by atoms with Gasteiger partial charge in [-0.15, -0.1) is 13.2 Å². The Hall–Kier alpha value is -2.83. The number of ether oxygens (including phenoxy) is 2. The molecule has 0 heterocycles. The lowest BCUT2D eigenvalue weighted by Crippen LogP contribution is -2.23. The van der Waals surface area contributed by atoms with Gasteiger partial charge in [-0.2, -0.15) is 0 Å². The Kier molecular flexibility index (Phi) is 7.29. The molecule has 1 atom stereocenters. The molecule has 0 amide bonds. The SMILES string of the molecule is CC(CCC(=O)c1ccc(OC(F)(F)F)cc1)c1ccc(C(=O)OC(C)(C)C)cc1. The van der Waals surface area contributed by atoms with Crippen molar-refractivity contribution in [1.82, 2.24) is 0 Å². The third kappa shape index (κ3) is 7.54. The Morgan fingerprint density at radius 2 is 1.43 bits per heavy atom. The molecule has 2 aromatic carbocycles. The maximum Gasteiger partial charge on any atom is 0.573 e. The van der Waals surface area contributed by atoms with Gasteiger partial charge < -0.3 is 9.47 Å². The molecular formula is C23H25F3O4. The van der Waals surface area contributed by atoms with Gasteiger partial charge in [-0.25, -0.2) is 4.79 Å².